The Morgan fingerprint density at radius 2 is 2.00 bits per heavy atom. The minimum atomic E-state index is 0.100. The Labute approximate surface area is 116 Å². The first-order valence-electron chi connectivity index (χ1n) is 6.98. The number of amides is 1. The monoisotopic (exact) mass is 267 g/mol. The molecule has 108 valence electrons. The zero-order valence-corrected chi connectivity index (χ0v) is 11.8. The van der Waals surface area contributed by atoms with Gasteiger partial charge in [-0.05, 0) is 13.0 Å². The summed E-state index contributed by atoms with van der Waals surface area (Å²) in [5.74, 6) is 2.79. The van der Waals surface area contributed by atoms with Gasteiger partial charge in [0.05, 0.1) is 19.7 Å². The van der Waals surface area contributed by atoms with Crippen molar-refractivity contribution in [1.82, 2.24) is 14.7 Å². The third kappa shape index (κ3) is 5.60. The maximum Gasteiger partial charge on any atom is 0.236 e. The molecule has 0 aromatic carbocycles. The van der Waals surface area contributed by atoms with Crippen LogP contribution in [0.2, 0.25) is 0 Å². The fourth-order valence-electron chi connectivity index (χ4n) is 2.30. The first kappa shape index (κ1) is 16.0. The van der Waals surface area contributed by atoms with Crippen LogP contribution < -0.4 is 0 Å². The number of aliphatic hydroxyl groups is 1. The SMILES string of the molecule is C#CCN1CCN(C(=O)CN(CCC)CCO)CC1. The fourth-order valence-corrected chi connectivity index (χ4v) is 2.30. The number of terminal acetylenes is 1. The molecule has 1 N–H and O–H groups in total. The Morgan fingerprint density at radius 1 is 1.32 bits per heavy atom. The molecular formula is C14H25N3O2. The van der Waals surface area contributed by atoms with Crippen LogP contribution >= 0.6 is 0 Å². The highest BCUT2D eigenvalue weighted by Gasteiger charge is 2.21. The molecule has 0 spiro atoms. The number of hydrogen-bond donors (Lipinski definition) is 1. The van der Waals surface area contributed by atoms with E-state index in [-0.39, 0.29) is 12.5 Å². The van der Waals surface area contributed by atoms with Crippen LogP contribution in [0.25, 0.3) is 0 Å². The molecule has 1 aliphatic heterocycles. The molecule has 0 aromatic heterocycles. The molecular weight excluding hydrogens is 242 g/mol. The van der Waals surface area contributed by atoms with E-state index in [9.17, 15) is 4.79 Å². The third-order valence-electron chi connectivity index (χ3n) is 3.35. The molecule has 1 aliphatic rings. The molecule has 0 bridgehead atoms. The summed E-state index contributed by atoms with van der Waals surface area (Å²) in [6, 6.07) is 0. The van der Waals surface area contributed by atoms with Crippen molar-refractivity contribution in [2.75, 3.05) is 59.0 Å². The van der Waals surface area contributed by atoms with Crippen molar-refractivity contribution in [3.63, 3.8) is 0 Å². The molecule has 0 unspecified atom stereocenters. The minimum absolute atomic E-state index is 0.100. The van der Waals surface area contributed by atoms with Gasteiger partial charge in [0.1, 0.15) is 0 Å². The third-order valence-corrected chi connectivity index (χ3v) is 3.35. The molecule has 1 amide bonds. The lowest BCUT2D eigenvalue weighted by Gasteiger charge is -2.35. The van der Waals surface area contributed by atoms with E-state index in [0.717, 1.165) is 39.1 Å². The fraction of sp³-hybridized carbons (Fsp3) is 0.786. The zero-order valence-electron chi connectivity index (χ0n) is 11.8. The van der Waals surface area contributed by atoms with E-state index < -0.39 is 0 Å². The van der Waals surface area contributed by atoms with Crippen molar-refractivity contribution in [2.45, 2.75) is 13.3 Å². The Balaban J connectivity index is 2.35. The minimum Gasteiger partial charge on any atom is -0.395 e. The number of carbonyl (C=O) groups is 1. The Hall–Kier alpha value is -1.09. The van der Waals surface area contributed by atoms with Gasteiger partial charge in [-0.2, -0.15) is 0 Å². The molecule has 5 heteroatoms. The van der Waals surface area contributed by atoms with Gasteiger partial charge < -0.3 is 10.0 Å². The quantitative estimate of drug-likeness (QED) is 0.630. The van der Waals surface area contributed by atoms with Crippen LogP contribution in [0.3, 0.4) is 0 Å². The van der Waals surface area contributed by atoms with Crippen LogP contribution in [0.1, 0.15) is 13.3 Å². The van der Waals surface area contributed by atoms with Crippen LogP contribution in [-0.2, 0) is 4.79 Å². The van der Waals surface area contributed by atoms with Crippen molar-refractivity contribution < 1.29 is 9.90 Å². The summed E-state index contributed by atoms with van der Waals surface area (Å²) in [4.78, 5) is 18.3. The lowest BCUT2D eigenvalue weighted by atomic mass is 10.3. The van der Waals surface area contributed by atoms with Gasteiger partial charge in [-0.1, -0.05) is 12.8 Å². The van der Waals surface area contributed by atoms with Gasteiger partial charge in [0, 0.05) is 32.7 Å². The van der Waals surface area contributed by atoms with E-state index in [0.29, 0.717) is 19.6 Å². The number of hydrogen-bond acceptors (Lipinski definition) is 4. The second-order valence-electron chi connectivity index (χ2n) is 4.86. The summed E-state index contributed by atoms with van der Waals surface area (Å²) in [5, 5.41) is 8.99. The van der Waals surface area contributed by atoms with E-state index in [4.69, 9.17) is 11.5 Å². The highest BCUT2D eigenvalue weighted by molar-refractivity contribution is 5.78. The lowest BCUT2D eigenvalue weighted by Crippen LogP contribution is -2.51. The van der Waals surface area contributed by atoms with E-state index >= 15 is 0 Å². The van der Waals surface area contributed by atoms with Crippen LogP contribution in [-0.4, -0.2) is 84.7 Å². The summed E-state index contributed by atoms with van der Waals surface area (Å²) in [7, 11) is 0. The summed E-state index contributed by atoms with van der Waals surface area (Å²) in [6.07, 6.45) is 6.27. The van der Waals surface area contributed by atoms with E-state index in [1.165, 1.54) is 0 Å². The van der Waals surface area contributed by atoms with Crippen molar-refractivity contribution >= 4 is 5.91 Å². The van der Waals surface area contributed by atoms with Crippen LogP contribution in [0.15, 0.2) is 0 Å². The average molecular weight is 267 g/mol. The maximum atomic E-state index is 12.2. The van der Waals surface area contributed by atoms with Crippen molar-refractivity contribution in [3.8, 4) is 12.3 Å². The first-order valence-corrected chi connectivity index (χ1v) is 6.98. The molecule has 0 aliphatic carbocycles. The Kier molecular flexibility index (Phi) is 7.49. The molecule has 1 saturated heterocycles. The topological polar surface area (TPSA) is 47.0 Å². The van der Waals surface area contributed by atoms with E-state index in [2.05, 4.69) is 17.7 Å². The second-order valence-corrected chi connectivity index (χ2v) is 4.86. The highest BCUT2D eigenvalue weighted by Crippen LogP contribution is 2.03. The number of rotatable bonds is 7. The summed E-state index contributed by atoms with van der Waals surface area (Å²) in [6.45, 7) is 7.86. The van der Waals surface area contributed by atoms with Gasteiger partial charge in [0.2, 0.25) is 5.91 Å². The lowest BCUT2D eigenvalue weighted by molar-refractivity contribution is -0.134. The molecule has 0 atom stereocenters. The number of piperazine rings is 1. The Morgan fingerprint density at radius 3 is 2.53 bits per heavy atom. The van der Waals surface area contributed by atoms with Crippen LogP contribution in [0.5, 0.6) is 0 Å². The highest BCUT2D eigenvalue weighted by atomic mass is 16.3. The van der Waals surface area contributed by atoms with Gasteiger partial charge in [-0.15, -0.1) is 6.42 Å². The maximum absolute atomic E-state index is 12.2. The van der Waals surface area contributed by atoms with Crippen LogP contribution in [0.4, 0.5) is 0 Å². The predicted octanol–water partition coefficient (Wildman–Crippen LogP) is -0.532. The first-order chi connectivity index (χ1) is 9.21. The molecule has 1 heterocycles. The van der Waals surface area contributed by atoms with Crippen molar-refractivity contribution in [3.05, 3.63) is 0 Å². The molecule has 1 rings (SSSR count). The Bertz CT molecular complexity index is 300. The van der Waals surface area contributed by atoms with Gasteiger partial charge in [-0.3, -0.25) is 14.6 Å². The van der Waals surface area contributed by atoms with Crippen LogP contribution in [0, 0.1) is 12.3 Å². The summed E-state index contributed by atoms with van der Waals surface area (Å²) in [5.41, 5.74) is 0. The average Bonchev–Trinajstić information content (AvgIpc) is 2.40. The van der Waals surface area contributed by atoms with E-state index in [1.54, 1.807) is 0 Å². The van der Waals surface area contributed by atoms with Gasteiger partial charge in [0.25, 0.3) is 0 Å². The molecule has 0 saturated carbocycles. The van der Waals surface area contributed by atoms with Gasteiger partial charge in [-0.25, -0.2) is 0 Å². The standard InChI is InChI=1S/C14H25N3O2/c1-3-5-15-7-9-17(10-8-15)14(19)13-16(6-4-2)11-12-18/h1,18H,4-13H2,2H3. The smallest absolute Gasteiger partial charge is 0.236 e. The largest absolute Gasteiger partial charge is 0.395 e. The van der Waals surface area contributed by atoms with Gasteiger partial charge >= 0.3 is 0 Å². The van der Waals surface area contributed by atoms with Gasteiger partial charge in [0.15, 0.2) is 0 Å². The number of nitrogens with zero attached hydrogens (tertiary/aromatic N) is 3. The number of carbonyl (C=O) groups excluding carboxylic acids is 1. The van der Waals surface area contributed by atoms with Crippen molar-refractivity contribution in [2.24, 2.45) is 0 Å². The summed E-state index contributed by atoms with van der Waals surface area (Å²) < 4.78 is 0. The van der Waals surface area contributed by atoms with Crippen molar-refractivity contribution in [1.29, 1.82) is 0 Å². The molecule has 0 aromatic rings. The predicted molar refractivity (Wildman–Crippen MR) is 75.7 cm³/mol. The zero-order chi connectivity index (χ0) is 14.1. The number of aliphatic hydroxyl groups excluding tert-OH is 1. The van der Waals surface area contributed by atoms with E-state index in [1.807, 2.05) is 9.80 Å². The molecule has 19 heavy (non-hydrogen) atoms. The molecule has 1 fully saturated rings. The molecule has 5 nitrogen and oxygen atoms in total. The second kappa shape index (κ2) is 8.92. The molecule has 0 radical (unpaired) electrons. The summed E-state index contributed by atoms with van der Waals surface area (Å²) >= 11 is 0. The normalized spacial score (nSPS) is 16.6.